The first kappa shape index (κ1) is 12.2. The summed E-state index contributed by atoms with van der Waals surface area (Å²) in [5.74, 6) is 0.982. The van der Waals surface area contributed by atoms with Gasteiger partial charge in [0.05, 0.1) is 5.52 Å². The Kier molecular flexibility index (Phi) is 3.07. The Hall–Kier alpha value is -1.61. The van der Waals surface area contributed by atoms with Crippen LogP contribution >= 0.6 is 0 Å². The van der Waals surface area contributed by atoms with Gasteiger partial charge < -0.3 is 10.1 Å². The lowest BCUT2D eigenvalue weighted by Crippen LogP contribution is -2.51. The fourth-order valence-corrected chi connectivity index (χ4v) is 3.63. The van der Waals surface area contributed by atoms with E-state index >= 15 is 0 Å². The highest BCUT2D eigenvalue weighted by Gasteiger charge is 2.32. The van der Waals surface area contributed by atoms with Gasteiger partial charge in [0.25, 0.3) is 0 Å². The number of hydrogen-bond acceptors (Lipinski definition) is 3. The SMILES string of the molecule is c1cnc2ccc(O[C@@H]3C[C@H]4CCC[C@@H](C3)N4)cc2c1. The van der Waals surface area contributed by atoms with Gasteiger partial charge in [0.15, 0.2) is 0 Å². The second-order valence-corrected chi connectivity index (χ2v) is 6.06. The molecule has 3 heterocycles. The van der Waals surface area contributed by atoms with Crippen molar-refractivity contribution in [2.24, 2.45) is 0 Å². The maximum Gasteiger partial charge on any atom is 0.120 e. The first-order valence-electron chi connectivity index (χ1n) is 7.64. The average Bonchev–Trinajstić information content (AvgIpc) is 2.47. The Labute approximate surface area is 119 Å². The van der Waals surface area contributed by atoms with Gasteiger partial charge in [-0.1, -0.05) is 12.5 Å². The number of aromatic nitrogens is 1. The number of ether oxygens (including phenoxy) is 1. The Morgan fingerprint density at radius 1 is 1.10 bits per heavy atom. The molecule has 2 aliphatic rings. The first-order chi connectivity index (χ1) is 9.87. The standard InChI is InChI=1S/C17H20N2O/c1-4-13-10-16(11-14(5-1)19-13)20-15-6-7-17-12(9-15)3-2-8-18-17/h2-3,6-9,13-14,16,19H,1,4-5,10-11H2/t13-,14+,16-. The Balaban J connectivity index is 1.52. The molecule has 1 aromatic heterocycles. The zero-order chi connectivity index (χ0) is 13.4. The van der Waals surface area contributed by atoms with Gasteiger partial charge in [0, 0.05) is 23.7 Å². The quantitative estimate of drug-likeness (QED) is 0.907. The minimum Gasteiger partial charge on any atom is -0.490 e. The van der Waals surface area contributed by atoms with Crippen LogP contribution in [0.3, 0.4) is 0 Å². The molecule has 2 bridgehead atoms. The maximum absolute atomic E-state index is 6.23. The number of nitrogens with one attached hydrogen (secondary N) is 1. The third-order valence-electron chi connectivity index (χ3n) is 4.55. The molecule has 2 saturated heterocycles. The van der Waals surface area contributed by atoms with Crippen molar-refractivity contribution >= 4 is 10.9 Å². The van der Waals surface area contributed by atoms with Gasteiger partial charge in [0.1, 0.15) is 11.9 Å². The predicted molar refractivity (Wildman–Crippen MR) is 80.0 cm³/mol. The Bertz CT molecular complexity index is 601. The van der Waals surface area contributed by atoms with E-state index in [0.29, 0.717) is 18.2 Å². The molecule has 2 aliphatic heterocycles. The smallest absolute Gasteiger partial charge is 0.120 e. The van der Waals surface area contributed by atoms with E-state index in [4.69, 9.17) is 4.74 Å². The lowest BCUT2D eigenvalue weighted by atomic mass is 9.85. The van der Waals surface area contributed by atoms with Gasteiger partial charge in [-0.15, -0.1) is 0 Å². The van der Waals surface area contributed by atoms with Crippen molar-refractivity contribution in [1.82, 2.24) is 10.3 Å². The van der Waals surface area contributed by atoms with Gasteiger partial charge in [0.2, 0.25) is 0 Å². The van der Waals surface area contributed by atoms with Crippen LogP contribution in [0.5, 0.6) is 5.75 Å². The lowest BCUT2D eigenvalue weighted by molar-refractivity contribution is 0.0928. The van der Waals surface area contributed by atoms with Crippen LogP contribution < -0.4 is 10.1 Å². The highest BCUT2D eigenvalue weighted by atomic mass is 16.5. The van der Waals surface area contributed by atoms with Crippen LogP contribution in [0, 0.1) is 0 Å². The molecule has 2 aromatic rings. The fourth-order valence-electron chi connectivity index (χ4n) is 3.63. The predicted octanol–water partition coefficient (Wildman–Crippen LogP) is 3.29. The number of rotatable bonds is 2. The zero-order valence-electron chi connectivity index (χ0n) is 11.6. The Morgan fingerprint density at radius 3 is 2.80 bits per heavy atom. The Morgan fingerprint density at radius 2 is 1.95 bits per heavy atom. The number of benzene rings is 1. The van der Waals surface area contributed by atoms with Crippen molar-refractivity contribution in [1.29, 1.82) is 0 Å². The second-order valence-electron chi connectivity index (χ2n) is 6.06. The summed E-state index contributed by atoms with van der Waals surface area (Å²) in [6.07, 6.45) is 8.45. The summed E-state index contributed by atoms with van der Waals surface area (Å²) in [7, 11) is 0. The molecule has 3 nitrogen and oxygen atoms in total. The summed E-state index contributed by atoms with van der Waals surface area (Å²) < 4.78 is 6.23. The van der Waals surface area contributed by atoms with E-state index in [-0.39, 0.29) is 0 Å². The van der Waals surface area contributed by atoms with Crippen LogP contribution in [-0.4, -0.2) is 23.2 Å². The third kappa shape index (κ3) is 2.38. The van der Waals surface area contributed by atoms with Crippen LogP contribution in [-0.2, 0) is 0 Å². The van der Waals surface area contributed by atoms with Gasteiger partial charge in [-0.2, -0.15) is 0 Å². The number of piperidine rings is 2. The molecule has 1 N–H and O–H groups in total. The molecule has 3 heteroatoms. The monoisotopic (exact) mass is 268 g/mol. The number of hydrogen-bond donors (Lipinski definition) is 1. The highest BCUT2D eigenvalue weighted by Crippen LogP contribution is 2.29. The number of pyridine rings is 1. The van der Waals surface area contributed by atoms with Crippen molar-refractivity contribution in [2.45, 2.75) is 50.3 Å². The van der Waals surface area contributed by atoms with Crippen LogP contribution in [0.25, 0.3) is 10.9 Å². The molecule has 2 fully saturated rings. The van der Waals surface area contributed by atoms with E-state index in [1.54, 1.807) is 0 Å². The van der Waals surface area contributed by atoms with Gasteiger partial charge >= 0.3 is 0 Å². The van der Waals surface area contributed by atoms with Gasteiger partial charge in [-0.25, -0.2) is 0 Å². The summed E-state index contributed by atoms with van der Waals surface area (Å²) in [6, 6.07) is 11.6. The molecule has 20 heavy (non-hydrogen) atoms. The van der Waals surface area contributed by atoms with Crippen molar-refractivity contribution in [3.05, 3.63) is 36.5 Å². The molecule has 1 aromatic carbocycles. The molecule has 0 amide bonds. The third-order valence-corrected chi connectivity index (χ3v) is 4.55. The molecular weight excluding hydrogens is 248 g/mol. The van der Waals surface area contributed by atoms with E-state index in [2.05, 4.69) is 22.4 Å². The van der Waals surface area contributed by atoms with Crippen molar-refractivity contribution < 1.29 is 4.74 Å². The molecule has 0 saturated carbocycles. The van der Waals surface area contributed by atoms with Crippen LogP contribution in [0.4, 0.5) is 0 Å². The molecule has 104 valence electrons. The van der Waals surface area contributed by atoms with E-state index in [1.807, 2.05) is 24.4 Å². The van der Waals surface area contributed by atoms with Crippen LogP contribution in [0.15, 0.2) is 36.5 Å². The summed E-state index contributed by atoms with van der Waals surface area (Å²) >= 11 is 0. The van der Waals surface area contributed by atoms with E-state index in [0.717, 1.165) is 29.5 Å². The maximum atomic E-state index is 6.23. The molecule has 0 radical (unpaired) electrons. The first-order valence-corrected chi connectivity index (χ1v) is 7.64. The minimum absolute atomic E-state index is 0.362. The minimum atomic E-state index is 0.362. The second kappa shape index (κ2) is 5.06. The van der Waals surface area contributed by atoms with Crippen LogP contribution in [0.1, 0.15) is 32.1 Å². The number of fused-ring (bicyclic) bond motifs is 3. The molecule has 0 unspecified atom stereocenters. The van der Waals surface area contributed by atoms with E-state index in [9.17, 15) is 0 Å². The van der Waals surface area contributed by atoms with Crippen molar-refractivity contribution in [2.75, 3.05) is 0 Å². The zero-order valence-corrected chi connectivity index (χ0v) is 11.6. The largest absolute Gasteiger partial charge is 0.490 e. The van der Waals surface area contributed by atoms with E-state index in [1.165, 1.54) is 19.3 Å². The van der Waals surface area contributed by atoms with Gasteiger partial charge in [-0.3, -0.25) is 4.98 Å². The summed E-state index contributed by atoms with van der Waals surface area (Å²) in [4.78, 5) is 4.35. The summed E-state index contributed by atoms with van der Waals surface area (Å²) in [5.41, 5.74) is 1.03. The lowest BCUT2D eigenvalue weighted by Gasteiger charge is -2.40. The van der Waals surface area contributed by atoms with Gasteiger partial charge in [-0.05, 0) is 49.9 Å². The normalized spacial score (nSPS) is 29.3. The molecule has 0 aliphatic carbocycles. The van der Waals surface area contributed by atoms with Crippen molar-refractivity contribution in [3.8, 4) is 5.75 Å². The molecule has 0 spiro atoms. The highest BCUT2D eigenvalue weighted by molar-refractivity contribution is 5.79. The average molecular weight is 268 g/mol. The topological polar surface area (TPSA) is 34.1 Å². The van der Waals surface area contributed by atoms with E-state index < -0.39 is 0 Å². The molecular formula is C17H20N2O. The summed E-state index contributed by atoms with van der Waals surface area (Å²) in [5, 5.41) is 4.86. The molecule has 3 atom stereocenters. The van der Waals surface area contributed by atoms with Crippen LogP contribution in [0.2, 0.25) is 0 Å². The summed E-state index contributed by atoms with van der Waals surface area (Å²) in [6.45, 7) is 0. The molecule has 4 rings (SSSR count). The fraction of sp³-hybridized carbons (Fsp3) is 0.471. The number of nitrogens with zero attached hydrogens (tertiary/aromatic N) is 1. The van der Waals surface area contributed by atoms with Crippen molar-refractivity contribution in [3.63, 3.8) is 0 Å².